The van der Waals surface area contributed by atoms with E-state index in [1.807, 2.05) is 25.1 Å². The zero-order chi connectivity index (χ0) is 15.5. The molecule has 0 bridgehead atoms. The molecule has 1 N–H and O–H groups in total. The Morgan fingerprint density at radius 2 is 1.81 bits per heavy atom. The van der Waals surface area contributed by atoms with Gasteiger partial charge >= 0.3 is 0 Å². The van der Waals surface area contributed by atoms with Crippen molar-refractivity contribution in [3.05, 3.63) is 59.4 Å². The Balaban J connectivity index is 2.10. The molecule has 0 aliphatic heterocycles. The second kappa shape index (κ2) is 6.27. The number of rotatable bonds is 4. The smallest absolute Gasteiger partial charge is 0.165 e. The zero-order valence-corrected chi connectivity index (χ0v) is 13.0. The summed E-state index contributed by atoms with van der Waals surface area (Å²) in [4.78, 5) is 0. The molecule has 0 aromatic heterocycles. The number of hydrogen-bond donors (Lipinski definition) is 1. The summed E-state index contributed by atoms with van der Waals surface area (Å²) in [7, 11) is 0. The van der Waals surface area contributed by atoms with Crippen LogP contribution in [0.2, 0.25) is 0 Å². The second-order valence-electron chi connectivity index (χ2n) is 6.22. The molecular formula is C18H22FNO. The van der Waals surface area contributed by atoms with Gasteiger partial charge in [0.2, 0.25) is 0 Å². The van der Waals surface area contributed by atoms with Gasteiger partial charge < -0.3 is 10.1 Å². The lowest BCUT2D eigenvalue weighted by Crippen LogP contribution is -2.35. The highest BCUT2D eigenvalue weighted by atomic mass is 19.1. The van der Waals surface area contributed by atoms with Crippen molar-refractivity contribution in [3.63, 3.8) is 0 Å². The maximum atomic E-state index is 13.6. The molecule has 0 atom stereocenters. The van der Waals surface area contributed by atoms with E-state index in [1.54, 1.807) is 18.2 Å². The van der Waals surface area contributed by atoms with Crippen molar-refractivity contribution >= 4 is 0 Å². The average molecular weight is 287 g/mol. The number of aryl methyl sites for hydroxylation is 1. The van der Waals surface area contributed by atoms with Gasteiger partial charge in [0.05, 0.1) is 0 Å². The predicted octanol–water partition coefficient (Wildman–Crippen LogP) is 4.81. The molecule has 2 nitrogen and oxygen atoms in total. The molecular weight excluding hydrogens is 265 g/mol. The first-order chi connectivity index (χ1) is 9.85. The SMILES string of the molecule is Cc1cc(Oc2ccccc2F)ccc1CNC(C)(C)C. The molecule has 0 radical (unpaired) electrons. The third-order valence-corrected chi connectivity index (χ3v) is 3.19. The highest BCUT2D eigenvalue weighted by Gasteiger charge is 2.10. The first kappa shape index (κ1) is 15.5. The zero-order valence-electron chi connectivity index (χ0n) is 13.0. The maximum Gasteiger partial charge on any atom is 0.165 e. The minimum Gasteiger partial charge on any atom is -0.454 e. The van der Waals surface area contributed by atoms with Crippen LogP contribution in [0.25, 0.3) is 0 Å². The number of ether oxygens (including phenoxy) is 1. The van der Waals surface area contributed by atoms with Gasteiger partial charge in [0.1, 0.15) is 5.75 Å². The molecule has 3 heteroatoms. The van der Waals surface area contributed by atoms with Crippen LogP contribution in [-0.4, -0.2) is 5.54 Å². The number of nitrogens with one attached hydrogen (secondary N) is 1. The molecule has 2 aromatic rings. The fraction of sp³-hybridized carbons (Fsp3) is 0.333. The summed E-state index contributed by atoms with van der Waals surface area (Å²) in [5, 5.41) is 3.46. The molecule has 0 aliphatic carbocycles. The predicted molar refractivity (Wildman–Crippen MR) is 84.2 cm³/mol. The van der Waals surface area contributed by atoms with E-state index in [2.05, 4.69) is 26.1 Å². The highest BCUT2D eigenvalue weighted by Crippen LogP contribution is 2.26. The molecule has 0 spiro atoms. The first-order valence-electron chi connectivity index (χ1n) is 7.12. The van der Waals surface area contributed by atoms with Gasteiger partial charge in [-0.3, -0.25) is 0 Å². The Kier molecular flexibility index (Phi) is 4.63. The van der Waals surface area contributed by atoms with Crippen LogP contribution in [-0.2, 0) is 6.54 Å². The lowest BCUT2D eigenvalue weighted by molar-refractivity contribution is 0.422. The van der Waals surface area contributed by atoms with Gasteiger partial charge in [0, 0.05) is 12.1 Å². The molecule has 2 aromatic carbocycles. The quantitative estimate of drug-likeness (QED) is 0.871. The normalized spacial score (nSPS) is 11.5. The Morgan fingerprint density at radius 3 is 2.43 bits per heavy atom. The molecule has 0 heterocycles. The van der Waals surface area contributed by atoms with Gasteiger partial charge in [-0.15, -0.1) is 0 Å². The van der Waals surface area contributed by atoms with Crippen molar-refractivity contribution in [2.24, 2.45) is 0 Å². The molecule has 2 rings (SSSR count). The third-order valence-electron chi connectivity index (χ3n) is 3.19. The molecule has 112 valence electrons. The number of benzene rings is 2. The highest BCUT2D eigenvalue weighted by molar-refractivity contribution is 5.38. The minimum absolute atomic E-state index is 0.0782. The Bertz CT molecular complexity index is 617. The van der Waals surface area contributed by atoms with E-state index in [9.17, 15) is 4.39 Å². The van der Waals surface area contributed by atoms with E-state index in [4.69, 9.17) is 4.74 Å². The van der Waals surface area contributed by atoms with Crippen LogP contribution >= 0.6 is 0 Å². The molecule has 21 heavy (non-hydrogen) atoms. The van der Waals surface area contributed by atoms with Gasteiger partial charge in [-0.05, 0) is 63.1 Å². The van der Waals surface area contributed by atoms with Gasteiger partial charge in [-0.2, -0.15) is 0 Å². The van der Waals surface area contributed by atoms with Gasteiger partial charge in [0.15, 0.2) is 11.6 Å². The van der Waals surface area contributed by atoms with Crippen LogP contribution in [0.15, 0.2) is 42.5 Å². The molecule has 0 fully saturated rings. The lowest BCUT2D eigenvalue weighted by Gasteiger charge is -2.21. The van der Waals surface area contributed by atoms with E-state index in [-0.39, 0.29) is 17.1 Å². The van der Waals surface area contributed by atoms with Gasteiger partial charge in [0.25, 0.3) is 0 Å². The van der Waals surface area contributed by atoms with E-state index in [0.717, 1.165) is 12.1 Å². The van der Waals surface area contributed by atoms with Gasteiger partial charge in [-0.25, -0.2) is 4.39 Å². The summed E-state index contributed by atoms with van der Waals surface area (Å²) >= 11 is 0. The van der Waals surface area contributed by atoms with Crippen molar-refractivity contribution in [1.29, 1.82) is 0 Å². The molecule has 0 amide bonds. The third kappa shape index (κ3) is 4.57. The maximum absolute atomic E-state index is 13.6. The van der Waals surface area contributed by atoms with Crippen LogP contribution in [0.5, 0.6) is 11.5 Å². The topological polar surface area (TPSA) is 21.3 Å². The fourth-order valence-electron chi connectivity index (χ4n) is 1.95. The second-order valence-corrected chi connectivity index (χ2v) is 6.22. The van der Waals surface area contributed by atoms with Crippen molar-refractivity contribution in [2.75, 3.05) is 0 Å². The summed E-state index contributed by atoms with van der Waals surface area (Å²) in [6.45, 7) is 9.25. The van der Waals surface area contributed by atoms with Crippen LogP contribution in [0.1, 0.15) is 31.9 Å². The Labute approximate surface area is 126 Å². The van der Waals surface area contributed by atoms with Crippen molar-refractivity contribution in [1.82, 2.24) is 5.32 Å². The van der Waals surface area contributed by atoms with Crippen LogP contribution in [0.4, 0.5) is 4.39 Å². The molecule has 0 unspecified atom stereocenters. The van der Waals surface area contributed by atoms with Gasteiger partial charge in [-0.1, -0.05) is 18.2 Å². The van der Waals surface area contributed by atoms with Crippen molar-refractivity contribution < 1.29 is 9.13 Å². The van der Waals surface area contributed by atoms with Crippen LogP contribution < -0.4 is 10.1 Å². The first-order valence-corrected chi connectivity index (χ1v) is 7.12. The lowest BCUT2D eigenvalue weighted by atomic mass is 10.1. The Morgan fingerprint density at radius 1 is 1.10 bits per heavy atom. The summed E-state index contributed by atoms with van der Waals surface area (Å²) in [5.74, 6) is 0.545. The fourth-order valence-corrected chi connectivity index (χ4v) is 1.95. The summed E-state index contributed by atoms with van der Waals surface area (Å²) < 4.78 is 19.2. The molecule has 0 saturated heterocycles. The van der Waals surface area contributed by atoms with Crippen LogP contribution in [0, 0.1) is 12.7 Å². The number of halogens is 1. The monoisotopic (exact) mass is 287 g/mol. The number of hydrogen-bond acceptors (Lipinski definition) is 2. The molecule has 0 saturated carbocycles. The van der Waals surface area contributed by atoms with E-state index in [0.29, 0.717) is 5.75 Å². The standard InChI is InChI=1S/C18H22FNO/c1-13-11-15(21-17-8-6-5-7-16(17)19)10-9-14(13)12-20-18(2,3)4/h5-11,20H,12H2,1-4H3. The summed E-state index contributed by atoms with van der Waals surface area (Å²) in [6.07, 6.45) is 0. The van der Waals surface area contributed by atoms with Crippen molar-refractivity contribution in [2.45, 2.75) is 39.8 Å². The largest absolute Gasteiger partial charge is 0.454 e. The minimum atomic E-state index is -0.353. The van der Waals surface area contributed by atoms with E-state index >= 15 is 0 Å². The van der Waals surface area contributed by atoms with E-state index in [1.165, 1.54) is 11.6 Å². The summed E-state index contributed by atoms with van der Waals surface area (Å²) in [5.41, 5.74) is 2.42. The average Bonchev–Trinajstić information content (AvgIpc) is 2.39. The Hall–Kier alpha value is -1.87. The number of para-hydroxylation sites is 1. The molecule has 0 aliphatic rings. The van der Waals surface area contributed by atoms with E-state index < -0.39 is 0 Å². The van der Waals surface area contributed by atoms with Crippen molar-refractivity contribution in [3.8, 4) is 11.5 Å². The summed E-state index contributed by atoms with van der Waals surface area (Å²) in [6, 6.07) is 12.3. The van der Waals surface area contributed by atoms with Crippen LogP contribution in [0.3, 0.4) is 0 Å².